The van der Waals surface area contributed by atoms with E-state index in [0.717, 1.165) is 29.0 Å². The van der Waals surface area contributed by atoms with Crippen LogP contribution in [0.3, 0.4) is 0 Å². The molecule has 0 spiro atoms. The van der Waals surface area contributed by atoms with Crippen LogP contribution in [0.2, 0.25) is 5.02 Å². The SMILES string of the molecule is CCCCNC(=O)[C@@H](C)N(Cc1ccccc1Cl)C(=O)CN(c1cc(C)ccc1OC)S(C)(=O)=O. The molecule has 0 radical (unpaired) electrons. The summed E-state index contributed by atoms with van der Waals surface area (Å²) >= 11 is 6.33. The average molecular weight is 524 g/mol. The molecule has 0 bridgehead atoms. The van der Waals surface area contributed by atoms with Gasteiger partial charge in [0.2, 0.25) is 21.8 Å². The van der Waals surface area contributed by atoms with Gasteiger partial charge in [-0.3, -0.25) is 13.9 Å². The lowest BCUT2D eigenvalue weighted by Gasteiger charge is -2.32. The Hall–Kier alpha value is -2.78. The molecule has 0 aliphatic rings. The van der Waals surface area contributed by atoms with Crippen molar-refractivity contribution in [2.45, 2.75) is 46.2 Å². The van der Waals surface area contributed by atoms with E-state index in [1.54, 1.807) is 49.4 Å². The fourth-order valence-corrected chi connectivity index (χ4v) is 4.56. The zero-order valence-electron chi connectivity index (χ0n) is 20.9. The van der Waals surface area contributed by atoms with Crippen molar-refractivity contribution in [1.82, 2.24) is 10.2 Å². The van der Waals surface area contributed by atoms with Crippen molar-refractivity contribution in [2.24, 2.45) is 0 Å². The number of sulfonamides is 1. The lowest BCUT2D eigenvalue weighted by molar-refractivity contribution is -0.139. The molecule has 0 aliphatic carbocycles. The van der Waals surface area contributed by atoms with Crippen LogP contribution < -0.4 is 14.4 Å². The van der Waals surface area contributed by atoms with E-state index in [9.17, 15) is 18.0 Å². The molecular formula is C25H34ClN3O5S. The van der Waals surface area contributed by atoms with Gasteiger partial charge >= 0.3 is 0 Å². The molecule has 0 fully saturated rings. The largest absolute Gasteiger partial charge is 0.495 e. The van der Waals surface area contributed by atoms with Gasteiger partial charge in [0.15, 0.2) is 0 Å². The van der Waals surface area contributed by atoms with Gasteiger partial charge in [0.1, 0.15) is 18.3 Å². The first kappa shape index (κ1) is 28.5. The molecule has 1 N–H and O–H groups in total. The predicted octanol–water partition coefficient (Wildman–Crippen LogP) is 3.76. The number of hydrogen-bond acceptors (Lipinski definition) is 5. The number of carbonyl (C=O) groups is 2. The highest BCUT2D eigenvalue weighted by Crippen LogP contribution is 2.31. The maximum Gasteiger partial charge on any atom is 0.244 e. The van der Waals surface area contributed by atoms with Gasteiger partial charge in [0.05, 0.1) is 19.1 Å². The van der Waals surface area contributed by atoms with E-state index in [1.165, 1.54) is 12.0 Å². The molecule has 8 nitrogen and oxygen atoms in total. The number of ether oxygens (including phenoxy) is 1. The highest BCUT2D eigenvalue weighted by molar-refractivity contribution is 7.92. The minimum atomic E-state index is -3.86. The normalized spacial score (nSPS) is 12.1. The van der Waals surface area contributed by atoms with Gasteiger partial charge in [-0.2, -0.15) is 0 Å². The van der Waals surface area contributed by atoms with Crippen molar-refractivity contribution in [3.63, 3.8) is 0 Å². The van der Waals surface area contributed by atoms with Crippen LogP contribution in [0.25, 0.3) is 0 Å². The zero-order valence-corrected chi connectivity index (χ0v) is 22.4. The molecule has 192 valence electrons. The van der Waals surface area contributed by atoms with E-state index < -0.39 is 28.5 Å². The molecular weight excluding hydrogens is 490 g/mol. The summed E-state index contributed by atoms with van der Waals surface area (Å²) in [6.45, 7) is 5.48. The number of nitrogens with zero attached hydrogens (tertiary/aromatic N) is 2. The lowest BCUT2D eigenvalue weighted by atomic mass is 10.1. The molecule has 0 saturated heterocycles. The molecule has 35 heavy (non-hydrogen) atoms. The molecule has 0 aromatic heterocycles. The number of aryl methyl sites for hydroxylation is 1. The number of hydrogen-bond donors (Lipinski definition) is 1. The van der Waals surface area contributed by atoms with Gasteiger partial charge in [-0.05, 0) is 49.6 Å². The predicted molar refractivity (Wildman–Crippen MR) is 139 cm³/mol. The number of unbranched alkanes of at least 4 members (excludes halogenated alkanes) is 1. The standard InChI is InChI=1S/C25H34ClN3O5S/c1-6-7-14-27-25(31)19(3)28(16-20-10-8-9-11-21(20)26)24(30)17-29(35(5,32)33)22-15-18(2)12-13-23(22)34-4/h8-13,15,19H,6-7,14,16-17H2,1-5H3,(H,27,31)/t19-/m1/s1. The quantitative estimate of drug-likeness (QED) is 0.427. The molecule has 10 heteroatoms. The number of nitrogens with one attached hydrogen (secondary N) is 1. The van der Waals surface area contributed by atoms with Gasteiger partial charge in [-0.25, -0.2) is 8.42 Å². The van der Waals surface area contributed by atoms with Gasteiger partial charge in [0.25, 0.3) is 0 Å². The van der Waals surface area contributed by atoms with Crippen LogP contribution in [-0.4, -0.2) is 57.6 Å². The molecule has 0 aliphatic heterocycles. The van der Waals surface area contributed by atoms with Crippen molar-refractivity contribution in [3.05, 3.63) is 58.6 Å². The molecule has 2 amide bonds. The van der Waals surface area contributed by atoms with E-state index in [-0.39, 0.29) is 18.1 Å². The Kier molecular flexibility index (Phi) is 10.4. The van der Waals surface area contributed by atoms with Crippen LogP contribution >= 0.6 is 11.6 Å². The van der Waals surface area contributed by atoms with E-state index in [4.69, 9.17) is 16.3 Å². The van der Waals surface area contributed by atoms with Gasteiger partial charge in [-0.15, -0.1) is 0 Å². The Morgan fingerprint density at radius 2 is 1.86 bits per heavy atom. The third-order valence-corrected chi connectivity index (χ3v) is 7.07. The number of anilines is 1. The third kappa shape index (κ3) is 7.86. The summed E-state index contributed by atoms with van der Waals surface area (Å²) in [5, 5.41) is 3.29. The average Bonchev–Trinajstić information content (AvgIpc) is 2.80. The lowest BCUT2D eigenvalue weighted by Crippen LogP contribution is -2.51. The Morgan fingerprint density at radius 1 is 1.17 bits per heavy atom. The van der Waals surface area contributed by atoms with Crippen molar-refractivity contribution < 1.29 is 22.7 Å². The van der Waals surface area contributed by atoms with Crippen LogP contribution in [0.5, 0.6) is 5.75 Å². The molecule has 2 rings (SSSR count). The van der Waals surface area contributed by atoms with Gasteiger partial charge < -0.3 is 15.0 Å². The fourth-order valence-electron chi connectivity index (χ4n) is 3.52. The summed E-state index contributed by atoms with van der Waals surface area (Å²) < 4.78 is 31.9. The molecule has 2 aromatic carbocycles. The van der Waals surface area contributed by atoms with Gasteiger partial charge in [0, 0.05) is 18.1 Å². The second kappa shape index (κ2) is 12.8. The van der Waals surface area contributed by atoms with E-state index in [2.05, 4.69) is 5.32 Å². The summed E-state index contributed by atoms with van der Waals surface area (Å²) in [5.74, 6) is -0.549. The van der Waals surface area contributed by atoms with Crippen LogP contribution in [0.4, 0.5) is 5.69 Å². The zero-order chi connectivity index (χ0) is 26.2. The van der Waals surface area contributed by atoms with Crippen LogP contribution in [0.1, 0.15) is 37.8 Å². The minimum Gasteiger partial charge on any atom is -0.495 e. The number of benzene rings is 2. The molecule has 0 heterocycles. The van der Waals surface area contributed by atoms with Crippen LogP contribution in [0, 0.1) is 6.92 Å². The van der Waals surface area contributed by atoms with E-state index in [1.807, 2.05) is 13.8 Å². The Morgan fingerprint density at radius 3 is 2.46 bits per heavy atom. The summed E-state index contributed by atoms with van der Waals surface area (Å²) in [5.41, 5.74) is 1.70. The first-order valence-corrected chi connectivity index (χ1v) is 13.6. The summed E-state index contributed by atoms with van der Waals surface area (Å²) in [7, 11) is -2.43. The highest BCUT2D eigenvalue weighted by atomic mass is 35.5. The number of amides is 2. The number of halogens is 1. The minimum absolute atomic E-state index is 0.0451. The van der Waals surface area contributed by atoms with Crippen molar-refractivity contribution in [2.75, 3.05) is 30.8 Å². The Labute approximate surface area is 213 Å². The van der Waals surface area contributed by atoms with Crippen LogP contribution in [-0.2, 0) is 26.2 Å². The molecule has 1 atom stereocenters. The molecule has 2 aromatic rings. The summed E-state index contributed by atoms with van der Waals surface area (Å²) in [4.78, 5) is 27.8. The highest BCUT2D eigenvalue weighted by Gasteiger charge is 2.31. The first-order chi connectivity index (χ1) is 16.5. The van der Waals surface area contributed by atoms with Crippen LogP contribution in [0.15, 0.2) is 42.5 Å². The monoisotopic (exact) mass is 523 g/mol. The topological polar surface area (TPSA) is 96.0 Å². The number of methoxy groups -OCH3 is 1. The third-order valence-electron chi connectivity index (χ3n) is 5.58. The maximum absolute atomic E-state index is 13.6. The molecule has 0 unspecified atom stereocenters. The van der Waals surface area contributed by atoms with Crippen molar-refractivity contribution in [1.29, 1.82) is 0 Å². The van der Waals surface area contributed by atoms with E-state index in [0.29, 0.717) is 22.9 Å². The Bertz CT molecular complexity index is 1140. The number of carbonyl (C=O) groups excluding carboxylic acids is 2. The van der Waals surface area contributed by atoms with Gasteiger partial charge in [-0.1, -0.05) is 49.2 Å². The van der Waals surface area contributed by atoms with Crippen molar-refractivity contribution >= 4 is 39.1 Å². The first-order valence-electron chi connectivity index (χ1n) is 11.4. The van der Waals surface area contributed by atoms with Crippen molar-refractivity contribution in [3.8, 4) is 5.75 Å². The summed E-state index contributed by atoms with van der Waals surface area (Å²) in [6, 6.07) is 11.3. The van der Waals surface area contributed by atoms with E-state index >= 15 is 0 Å². The maximum atomic E-state index is 13.6. The second-order valence-electron chi connectivity index (χ2n) is 8.38. The number of rotatable bonds is 12. The fraction of sp³-hybridized carbons (Fsp3) is 0.440. The Balaban J connectivity index is 2.43. The molecule has 0 saturated carbocycles. The second-order valence-corrected chi connectivity index (χ2v) is 10.7. The summed E-state index contributed by atoms with van der Waals surface area (Å²) in [6.07, 6.45) is 2.76. The smallest absolute Gasteiger partial charge is 0.244 e.